The lowest BCUT2D eigenvalue weighted by Crippen LogP contribution is -2.38. The molecule has 0 spiro atoms. The number of fused-ring (bicyclic) bond motifs is 1. The Morgan fingerprint density at radius 2 is 2.12 bits per heavy atom. The third-order valence-electron chi connectivity index (χ3n) is 4.42. The average molecular weight is 370 g/mol. The second-order valence-corrected chi connectivity index (χ2v) is 9.52. The number of anilines is 1. The number of sulfone groups is 1. The van der Waals surface area contributed by atoms with Gasteiger partial charge >= 0.3 is 0 Å². The van der Waals surface area contributed by atoms with Crippen LogP contribution >= 0.6 is 11.8 Å². The fourth-order valence-corrected chi connectivity index (χ4v) is 6.78. The largest absolute Gasteiger partial charge is 0.313 e. The van der Waals surface area contributed by atoms with Gasteiger partial charge in [0.1, 0.15) is 5.82 Å². The smallest absolute Gasteiger partial charge is 0.250 e. The lowest BCUT2D eigenvalue weighted by molar-refractivity contribution is -0.121. The molecule has 2 aliphatic rings. The number of hydrogen-bond donors (Lipinski definition) is 0. The van der Waals surface area contributed by atoms with E-state index in [0.717, 1.165) is 0 Å². The third-order valence-corrected chi connectivity index (χ3v) is 7.63. The number of nitrogens with zero attached hydrogens (tertiary/aromatic N) is 2. The van der Waals surface area contributed by atoms with Crippen LogP contribution < -0.4 is 4.90 Å². The zero-order valence-corrected chi connectivity index (χ0v) is 15.1. The zero-order valence-electron chi connectivity index (χ0n) is 13.5. The van der Waals surface area contributed by atoms with Crippen LogP contribution in [0.2, 0.25) is 0 Å². The highest BCUT2D eigenvalue weighted by molar-refractivity contribution is 8.16. The van der Waals surface area contributed by atoms with Crippen molar-refractivity contribution in [2.75, 3.05) is 16.4 Å². The van der Waals surface area contributed by atoms with Crippen LogP contribution in [0.3, 0.4) is 0 Å². The van der Waals surface area contributed by atoms with Gasteiger partial charge in [0.2, 0.25) is 0 Å². The summed E-state index contributed by atoms with van der Waals surface area (Å²) in [6.45, 7) is 3.70. The molecule has 0 bridgehead atoms. The van der Waals surface area contributed by atoms with Crippen LogP contribution in [0.1, 0.15) is 20.3 Å². The summed E-state index contributed by atoms with van der Waals surface area (Å²) in [5.41, 5.74) is 0.269. The first-order chi connectivity index (χ1) is 11.3. The number of halogens is 1. The predicted octanol–water partition coefficient (Wildman–Crippen LogP) is 2.47. The van der Waals surface area contributed by atoms with Gasteiger partial charge in [0, 0.05) is 11.2 Å². The molecule has 0 unspecified atom stereocenters. The molecule has 3 rings (SSSR count). The lowest BCUT2D eigenvalue weighted by Gasteiger charge is -2.25. The number of carbonyl (C=O) groups excluding carboxylic acids is 1. The molecule has 130 valence electrons. The Morgan fingerprint density at radius 3 is 2.79 bits per heavy atom. The van der Waals surface area contributed by atoms with Crippen molar-refractivity contribution < 1.29 is 17.6 Å². The van der Waals surface area contributed by atoms with Crippen molar-refractivity contribution in [3.8, 4) is 0 Å². The molecule has 0 aromatic heterocycles. The summed E-state index contributed by atoms with van der Waals surface area (Å²) < 4.78 is 38.2. The van der Waals surface area contributed by atoms with Gasteiger partial charge in [0.05, 0.1) is 23.2 Å². The summed E-state index contributed by atoms with van der Waals surface area (Å²) in [7, 11) is -3.16. The van der Waals surface area contributed by atoms with Gasteiger partial charge in [-0.05, 0) is 18.6 Å². The van der Waals surface area contributed by atoms with E-state index in [-0.39, 0.29) is 40.3 Å². The summed E-state index contributed by atoms with van der Waals surface area (Å²) in [5.74, 6) is -0.944. The quantitative estimate of drug-likeness (QED) is 0.818. The molecule has 8 heteroatoms. The highest BCUT2D eigenvalue weighted by atomic mass is 32.2. The molecule has 1 amide bonds. The Morgan fingerprint density at radius 1 is 1.42 bits per heavy atom. The highest BCUT2D eigenvalue weighted by Crippen LogP contribution is 2.41. The van der Waals surface area contributed by atoms with Crippen molar-refractivity contribution >= 4 is 38.4 Å². The van der Waals surface area contributed by atoms with E-state index in [1.165, 1.54) is 17.8 Å². The Hall–Kier alpha value is -1.41. The van der Waals surface area contributed by atoms with Gasteiger partial charge in [0.25, 0.3) is 5.91 Å². The minimum Gasteiger partial charge on any atom is -0.313 e. The molecule has 24 heavy (non-hydrogen) atoms. The van der Waals surface area contributed by atoms with Crippen molar-refractivity contribution in [2.45, 2.75) is 31.6 Å². The second-order valence-electron chi connectivity index (χ2n) is 6.16. The molecule has 1 aromatic carbocycles. The summed E-state index contributed by atoms with van der Waals surface area (Å²) in [6.07, 6.45) is 0.668. The molecule has 0 N–H and O–H groups in total. The van der Waals surface area contributed by atoms with Crippen molar-refractivity contribution in [3.63, 3.8) is 0 Å². The number of benzene rings is 1. The zero-order chi connectivity index (χ0) is 17.5. The number of amidine groups is 1. The van der Waals surface area contributed by atoms with Crippen LogP contribution in [0.15, 0.2) is 29.3 Å². The standard InChI is InChI=1S/C16H19FN2O3S2/c1-3-10(2)15(20)18-16-19(12-7-5-4-6-11(12)17)13-8-24(21,22)9-14(13)23-16/h4-7,10,13-14H,3,8-9H2,1-2H3/t10-,13-,14-/m0/s1. The topological polar surface area (TPSA) is 66.8 Å². The summed E-state index contributed by atoms with van der Waals surface area (Å²) in [5, 5.41) is 0.174. The van der Waals surface area contributed by atoms with Gasteiger partial charge in [-0.3, -0.25) is 4.79 Å². The molecule has 2 saturated heterocycles. The van der Waals surface area contributed by atoms with Crippen molar-refractivity contribution in [3.05, 3.63) is 30.1 Å². The maximum absolute atomic E-state index is 14.3. The molecule has 0 radical (unpaired) electrons. The van der Waals surface area contributed by atoms with E-state index in [0.29, 0.717) is 11.6 Å². The first-order valence-electron chi connectivity index (χ1n) is 7.85. The molecular weight excluding hydrogens is 351 g/mol. The van der Waals surface area contributed by atoms with Crippen LogP contribution in [0, 0.1) is 11.7 Å². The summed E-state index contributed by atoms with van der Waals surface area (Å²) >= 11 is 1.26. The first kappa shape index (κ1) is 17.4. The number of amides is 1. The van der Waals surface area contributed by atoms with E-state index in [2.05, 4.69) is 4.99 Å². The maximum atomic E-state index is 14.3. The van der Waals surface area contributed by atoms with E-state index >= 15 is 0 Å². The van der Waals surface area contributed by atoms with Crippen molar-refractivity contribution in [2.24, 2.45) is 10.9 Å². The first-order valence-corrected chi connectivity index (χ1v) is 10.6. The highest BCUT2D eigenvalue weighted by Gasteiger charge is 2.50. The summed E-state index contributed by atoms with van der Waals surface area (Å²) in [6, 6.07) is 5.79. The molecule has 3 atom stereocenters. The minimum absolute atomic E-state index is 0.0316. The maximum Gasteiger partial charge on any atom is 0.250 e. The number of rotatable bonds is 3. The average Bonchev–Trinajstić information content (AvgIpc) is 2.98. The molecular formula is C16H19FN2O3S2. The number of hydrogen-bond acceptors (Lipinski definition) is 4. The lowest BCUT2D eigenvalue weighted by atomic mass is 10.1. The van der Waals surface area contributed by atoms with E-state index in [1.54, 1.807) is 30.0 Å². The van der Waals surface area contributed by atoms with Gasteiger partial charge in [-0.2, -0.15) is 4.99 Å². The van der Waals surface area contributed by atoms with Crippen molar-refractivity contribution in [1.29, 1.82) is 0 Å². The molecule has 0 saturated carbocycles. The van der Waals surface area contributed by atoms with Gasteiger partial charge in [-0.25, -0.2) is 12.8 Å². The van der Waals surface area contributed by atoms with Crippen LogP contribution in [0.4, 0.5) is 10.1 Å². The number of carbonyl (C=O) groups is 1. The fraction of sp³-hybridized carbons (Fsp3) is 0.500. The number of thioether (sulfide) groups is 1. The van der Waals surface area contributed by atoms with Crippen LogP contribution in [-0.2, 0) is 14.6 Å². The second kappa shape index (κ2) is 6.48. The Balaban J connectivity index is 2.02. The van der Waals surface area contributed by atoms with E-state index in [9.17, 15) is 17.6 Å². The molecule has 2 fully saturated rings. The Labute approximate surface area is 145 Å². The van der Waals surface area contributed by atoms with Gasteiger partial charge in [0.15, 0.2) is 15.0 Å². The summed E-state index contributed by atoms with van der Waals surface area (Å²) in [4.78, 5) is 18.0. The predicted molar refractivity (Wildman–Crippen MR) is 94.6 cm³/mol. The monoisotopic (exact) mass is 370 g/mol. The van der Waals surface area contributed by atoms with Gasteiger partial charge in [-0.1, -0.05) is 37.7 Å². The number of para-hydroxylation sites is 1. The van der Waals surface area contributed by atoms with E-state index in [4.69, 9.17) is 0 Å². The van der Waals surface area contributed by atoms with Crippen LogP contribution in [-0.4, -0.2) is 42.3 Å². The SMILES string of the molecule is CC[C@H](C)C(=O)N=C1S[C@H]2CS(=O)(=O)C[C@@H]2N1c1ccccc1F. The molecule has 2 aliphatic heterocycles. The minimum atomic E-state index is -3.16. The molecule has 1 aromatic rings. The van der Waals surface area contributed by atoms with Gasteiger partial charge in [-0.15, -0.1) is 0 Å². The van der Waals surface area contributed by atoms with Gasteiger partial charge < -0.3 is 4.90 Å². The van der Waals surface area contributed by atoms with E-state index in [1.807, 2.05) is 6.92 Å². The number of aliphatic imine (C=N–C) groups is 1. The molecule has 0 aliphatic carbocycles. The van der Waals surface area contributed by atoms with E-state index < -0.39 is 15.7 Å². The third kappa shape index (κ3) is 3.21. The van der Waals surface area contributed by atoms with Crippen LogP contribution in [0.5, 0.6) is 0 Å². The Kier molecular flexibility index (Phi) is 4.70. The van der Waals surface area contributed by atoms with Crippen LogP contribution in [0.25, 0.3) is 0 Å². The Bertz CT molecular complexity index is 794. The van der Waals surface area contributed by atoms with Crippen molar-refractivity contribution in [1.82, 2.24) is 0 Å². The normalized spacial score (nSPS) is 28.1. The molecule has 2 heterocycles. The molecule has 5 nitrogen and oxygen atoms in total. The fourth-order valence-electron chi connectivity index (χ4n) is 2.87.